The summed E-state index contributed by atoms with van der Waals surface area (Å²) >= 11 is 0. The van der Waals surface area contributed by atoms with Gasteiger partial charge in [0.05, 0.1) is 0 Å². The zero-order valence-corrected chi connectivity index (χ0v) is 11.0. The van der Waals surface area contributed by atoms with E-state index in [4.69, 9.17) is 5.73 Å². The van der Waals surface area contributed by atoms with E-state index in [2.05, 4.69) is 18.7 Å². The molecule has 2 aliphatic carbocycles. The lowest BCUT2D eigenvalue weighted by Gasteiger charge is -2.39. The summed E-state index contributed by atoms with van der Waals surface area (Å²) in [5.41, 5.74) is 6.00. The largest absolute Gasteiger partial charge is 0.328 e. The maximum atomic E-state index is 6.00. The maximum absolute atomic E-state index is 6.00. The molecule has 2 fully saturated rings. The molecule has 0 saturated heterocycles. The van der Waals surface area contributed by atoms with Crippen LogP contribution in [0, 0.1) is 5.92 Å². The van der Waals surface area contributed by atoms with Gasteiger partial charge in [0, 0.05) is 18.1 Å². The van der Waals surface area contributed by atoms with Gasteiger partial charge in [-0.15, -0.1) is 0 Å². The molecule has 2 unspecified atom stereocenters. The minimum atomic E-state index is 0.484. The predicted molar refractivity (Wildman–Crippen MR) is 69.4 cm³/mol. The molecular weight excluding hydrogens is 196 g/mol. The zero-order valence-electron chi connectivity index (χ0n) is 11.0. The highest BCUT2D eigenvalue weighted by molar-refractivity contribution is 4.88. The molecule has 0 aliphatic heterocycles. The Morgan fingerprint density at radius 2 is 1.62 bits per heavy atom. The van der Waals surface area contributed by atoms with Gasteiger partial charge in [-0.1, -0.05) is 13.8 Å². The minimum Gasteiger partial charge on any atom is -0.328 e. The van der Waals surface area contributed by atoms with Crippen molar-refractivity contribution in [2.45, 2.75) is 76.9 Å². The Morgan fingerprint density at radius 1 is 1.00 bits per heavy atom. The van der Waals surface area contributed by atoms with Crippen molar-refractivity contribution in [1.29, 1.82) is 0 Å². The van der Waals surface area contributed by atoms with Gasteiger partial charge in [0.2, 0.25) is 0 Å². The molecule has 0 aromatic heterocycles. The number of nitrogens with two attached hydrogens (primary N) is 1. The highest BCUT2D eigenvalue weighted by Gasteiger charge is 2.31. The van der Waals surface area contributed by atoms with E-state index in [9.17, 15) is 0 Å². The molecular formula is C14H28N2. The van der Waals surface area contributed by atoms with E-state index in [0.29, 0.717) is 6.04 Å². The second-order valence-corrected chi connectivity index (χ2v) is 5.97. The molecule has 16 heavy (non-hydrogen) atoms. The number of hydrogen-bond acceptors (Lipinski definition) is 2. The molecule has 0 aromatic carbocycles. The molecule has 0 aromatic rings. The van der Waals surface area contributed by atoms with E-state index < -0.39 is 0 Å². The van der Waals surface area contributed by atoms with Crippen LogP contribution >= 0.6 is 0 Å². The fraction of sp³-hybridized carbons (Fsp3) is 1.00. The summed E-state index contributed by atoms with van der Waals surface area (Å²) in [5, 5.41) is 0. The quantitative estimate of drug-likeness (QED) is 0.798. The number of hydrogen-bond donors (Lipinski definition) is 1. The highest BCUT2D eigenvalue weighted by Crippen LogP contribution is 2.33. The fourth-order valence-corrected chi connectivity index (χ4v) is 3.73. The third-order valence-electron chi connectivity index (χ3n) is 4.71. The Kier molecular flexibility index (Phi) is 4.26. The van der Waals surface area contributed by atoms with E-state index in [1.54, 1.807) is 0 Å². The molecule has 2 atom stereocenters. The molecule has 0 amide bonds. The van der Waals surface area contributed by atoms with Gasteiger partial charge in [0.25, 0.3) is 0 Å². The van der Waals surface area contributed by atoms with Crippen LogP contribution in [0.4, 0.5) is 0 Å². The summed E-state index contributed by atoms with van der Waals surface area (Å²) in [6.07, 6.45) is 9.44. The van der Waals surface area contributed by atoms with Crippen LogP contribution in [-0.4, -0.2) is 29.6 Å². The van der Waals surface area contributed by atoms with Crippen molar-refractivity contribution in [2.24, 2.45) is 11.7 Å². The van der Waals surface area contributed by atoms with Crippen LogP contribution in [0.2, 0.25) is 0 Å². The first-order chi connectivity index (χ1) is 7.70. The van der Waals surface area contributed by atoms with Gasteiger partial charge in [-0.05, 0) is 57.4 Å². The Balaban J connectivity index is 1.89. The van der Waals surface area contributed by atoms with Crippen molar-refractivity contribution in [3.63, 3.8) is 0 Å². The molecule has 2 rings (SSSR count). The fourth-order valence-electron chi connectivity index (χ4n) is 3.73. The lowest BCUT2D eigenvalue weighted by molar-refractivity contribution is 0.106. The lowest BCUT2D eigenvalue weighted by atomic mass is 9.89. The van der Waals surface area contributed by atoms with Crippen molar-refractivity contribution in [1.82, 2.24) is 4.90 Å². The first-order valence-corrected chi connectivity index (χ1v) is 7.22. The van der Waals surface area contributed by atoms with Crippen LogP contribution in [0.5, 0.6) is 0 Å². The summed E-state index contributed by atoms with van der Waals surface area (Å²) in [5.74, 6) is 0.949. The summed E-state index contributed by atoms with van der Waals surface area (Å²) in [7, 11) is 0. The van der Waals surface area contributed by atoms with Crippen LogP contribution in [-0.2, 0) is 0 Å². The molecule has 0 spiro atoms. The van der Waals surface area contributed by atoms with Gasteiger partial charge in [-0.2, -0.15) is 0 Å². The second kappa shape index (κ2) is 5.50. The van der Waals surface area contributed by atoms with Crippen LogP contribution in [0.25, 0.3) is 0 Å². The van der Waals surface area contributed by atoms with Gasteiger partial charge >= 0.3 is 0 Å². The standard InChI is InChI=1S/C14H28N2/c1-3-16(14-7-4-11(2)10-14)13-8-5-12(15)6-9-13/h11-14H,3-10,15H2,1-2H3. The molecule has 0 bridgehead atoms. The van der Waals surface area contributed by atoms with Crippen LogP contribution in [0.1, 0.15) is 58.8 Å². The first kappa shape index (κ1) is 12.4. The van der Waals surface area contributed by atoms with Gasteiger partial charge in [-0.3, -0.25) is 4.90 Å². The number of nitrogens with zero attached hydrogens (tertiary/aromatic N) is 1. The van der Waals surface area contributed by atoms with E-state index in [1.807, 2.05) is 0 Å². The smallest absolute Gasteiger partial charge is 0.0101 e. The Bertz CT molecular complexity index is 209. The van der Waals surface area contributed by atoms with Crippen molar-refractivity contribution in [3.8, 4) is 0 Å². The normalized spacial score (nSPS) is 40.5. The predicted octanol–water partition coefficient (Wildman–Crippen LogP) is 2.77. The van der Waals surface area contributed by atoms with Gasteiger partial charge < -0.3 is 5.73 Å². The molecule has 94 valence electrons. The van der Waals surface area contributed by atoms with Gasteiger partial charge in [0.1, 0.15) is 0 Å². The molecule has 2 saturated carbocycles. The summed E-state index contributed by atoms with van der Waals surface area (Å²) in [4.78, 5) is 2.79. The Labute approximate surface area is 101 Å². The van der Waals surface area contributed by atoms with Crippen molar-refractivity contribution < 1.29 is 0 Å². The molecule has 0 heterocycles. The highest BCUT2D eigenvalue weighted by atomic mass is 15.2. The van der Waals surface area contributed by atoms with E-state index in [-0.39, 0.29) is 0 Å². The minimum absolute atomic E-state index is 0.484. The molecule has 0 radical (unpaired) electrons. The second-order valence-electron chi connectivity index (χ2n) is 5.97. The van der Waals surface area contributed by atoms with Crippen LogP contribution < -0.4 is 5.73 Å². The third kappa shape index (κ3) is 2.78. The summed E-state index contributed by atoms with van der Waals surface area (Å²) < 4.78 is 0. The maximum Gasteiger partial charge on any atom is 0.0101 e. The van der Waals surface area contributed by atoms with E-state index in [1.165, 1.54) is 51.5 Å². The summed E-state index contributed by atoms with van der Waals surface area (Å²) in [6.45, 7) is 5.97. The zero-order chi connectivity index (χ0) is 11.5. The average Bonchev–Trinajstić information content (AvgIpc) is 2.69. The Morgan fingerprint density at radius 3 is 2.12 bits per heavy atom. The molecule has 2 heteroatoms. The first-order valence-electron chi connectivity index (χ1n) is 7.22. The molecule has 2 nitrogen and oxygen atoms in total. The van der Waals surface area contributed by atoms with E-state index >= 15 is 0 Å². The third-order valence-corrected chi connectivity index (χ3v) is 4.71. The SMILES string of the molecule is CCN(C1CCC(N)CC1)C1CCC(C)C1. The van der Waals surface area contributed by atoms with Gasteiger partial charge in [-0.25, -0.2) is 0 Å². The lowest BCUT2D eigenvalue weighted by Crippen LogP contribution is -2.45. The van der Waals surface area contributed by atoms with E-state index in [0.717, 1.165) is 18.0 Å². The van der Waals surface area contributed by atoms with Crippen molar-refractivity contribution in [3.05, 3.63) is 0 Å². The summed E-state index contributed by atoms with van der Waals surface area (Å²) in [6, 6.07) is 2.19. The van der Waals surface area contributed by atoms with Crippen LogP contribution in [0.15, 0.2) is 0 Å². The topological polar surface area (TPSA) is 29.3 Å². The number of rotatable bonds is 3. The van der Waals surface area contributed by atoms with Crippen molar-refractivity contribution >= 4 is 0 Å². The Hall–Kier alpha value is -0.0800. The van der Waals surface area contributed by atoms with Crippen molar-refractivity contribution in [2.75, 3.05) is 6.54 Å². The van der Waals surface area contributed by atoms with Crippen LogP contribution in [0.3, 0.4) is 0 Å². The van der Waals surface area contributed by atoms with Gasteiger partial charge in [0.15, 0.2) is 0 Å². The molecule has 2 N–H and O–H groups in total. The molecule has 2 aliphatic rings. The monoisotopic (exact) mass is 224 g/mol. The average molecular weight is 224 g/mol.